The molecule has 1 aromatic rings. The molecule has 2 rings (SSSR count). The van der Waals surface area contributed by atoms with Crippen LogP contribution in [0.4, 0.5) is 0 Å². The Morgan fingerprint density at radius 2 is 2.12 bits per heavy atom. The van der Waals surface area contributed by atoms with Crippen LogP contribution in [-0.4, -0.2) is 18.7 Å². The lowest BCUT2D eigenvalue weighted by Crippen LogP contribution is -2.23. The van der Waals surface area contributed by atoms with E-state index in [1.807, 2.05) is 0 Å². The van der Waals surface area contributed by atoms with Gasteiger partial charge in [0.25, 0.3) is 0 Å². The van der Waals surface area contributed by atoms with Gasteiger partial charge in [-0.15, -0.1) is 0 Å². The van der Waals surface area contributed by atoms with Crippen molar-refractivity contribution in [3.8, 4) is 5.75 Å². The monoisotopic (exact) mass is 233 g/mol. The van der Waals surface area contributed by atoms with Crippen LogP contribution in [0.5, 0.6) is 5.75 Å². The summed E-state index contributed by atoms with van der Waals surface area (Å²) in [5.74, 6) is 1.02. The smallest absolute Gasteiger partial charge is 0.122 e. The van der Waals surface area contributed by atoms with Gasteiger partial charge in [-0.1, -0.05) is 17.7 Å². The van der Waals surface area contributed by atoms with Gasteiger partial charge in [0.2, 0.25) is 0 Å². The molecule has 1 atom stereocenters. The van der Waals surface area contributed by atoms with E-state index < -0.39 is 0 Å². The van der Waals surface area contributed by atoms with Crippen LogP contribution in [0, 0.1) is 13.8 Å². The largest absolute Gasteiger partial charge is 0.490 e. The van der Waals surface area contributed by atoms with E-state index in [9.17, 15) is 0 Å². The Morgan fingerprint density at radius 1 is 1.35 bits per heavy atom. The first-order chi connectivity index (χ1) is 8.15. The molecule has 2 heteroatoms. The van der Waals surface area contributed by atoms with Gasteiger partial charge < -0.3 is 10.1 Å². The fourth-order valence-corrected chi connectivity index (χ4v) is 1.99. The van der Waals surface area contributed by atoms with E-state index in [0.717, 1.165) is 24.8 Å². The minimum atomic E-state index is 0.280. The van der Waals surface area contributed by atoms with Gasteiger partial charge in [-0.05, 0) is 58.2 Å². The minimum Gasteiger partial charge on any atom is -0.490 e. The van der Waals surface area contributed by atoms with E-state index in [1.54, 1.807) is 0 Å². The molecule has 1 aliphatic carbocycles. The summed E-state index contributed by atoms with van der Waals surface area (Å²) in [7, 11) is 0. The van der Waals surface area contributed by atoms with Crippen LogP contribution >= 0.6 is 0 Å². The molecule has 0 amide bonds. The van der Waals surface area contributed by atoms with E-state index in [0.29, 0.717) is 0 Å². The van der Waals surface area contributed by atoms with Crippen molar-refractivity contribution < 1.29 is 4.74 Å². The van der Waals surface area contributed by atoms with Crippen molar-refractivity contribution in [3.63, 3.8) is 0 Å². The van der Waals surface area contributed by atoms with Crippen LogP contribution < -0.4 is 10.1 Å². The van der Waals surface area contributed by atoms with Crippen molar-refractivity contribution in [2.24, 2.45) is 0 Å². The van der Waals surface area contributed by atoms with Gasteiger partial charge in [0.15, 0.2) is 0 Å². The van der Waals surface area contributed by atoms with Crippen LogP contribution in [0.25, 0.3) is 0 Å². The highest BCUT2D eigenvalue weighted by atomic mass is 16.5. The third-order valence-electron chi connectivity index (χ3n) is 3.22. The summed E-state index contributed by atoms with van der Waals surface area (Å²) in [5.41, 5.74) is 2.52. The summed E-state index contributed by atoms with van der Waals surface area (Å²) >= 11 is 0. The lowest BCUT2D eigenvalue weighted by Gasteiger charge is -2.17. The number of nitrogens with one attached hydrogen (secondary N) is 1. The molecular formula is C15H23NO. The maximum atomic E-state index is 5.96. The molecule has 0 radical (unpaired) electrons. The second kappa shape index (κ2) is 5.54. The Hall–Kier alpha value is -1.02. The van der Waals surface area contributed by atoms with Gasteiger partial charge >= 0.3 is 0 Å². The predicted octanol–water partition coefficient (Wildman–Crippen LogP) is 3.21. The van der Waals surface area contributed by atoms with Crippen LogP contribution in [0.3, 0.4) is 0 Å². The molecule has 0 aromatic heterocycles. The lowest BCUT2D eigenvalue weighted by atomic mass is 10.1. The number of benzene rings is 1. The topological polar surface area (TPSA) is 21.3 Å². The van der Waals surface area contributed by atoms with Crippen molar-refractivity contribution in [1.82, 2.24) is 5.32 Å². The fraction of sp³-hybridized carbons (Fsp3) is 0.600. The first-order valence-electron chi connectivity index (χ1n) is 6.62. The van der Waals surface area contributed by atoms with Gasteiger partial charge in [0, 0.05) is 6.04 Å². The summed E-state index contributed by atoms with van der Waals surface area (Å²) in [6, 6.07) is 7.15. The molecule has 94 valence electrons. The quantitative estimate of drug-likeness (QED) is 0.814. The highest BCUT2D eigenvalue weighted by molar-refractivity contribution is 5.35. The fourth-order valence-electron chi connectivity index (χ4n) is 1.99. The van der Waals surface area contributed by atoms with E-state index in [-0.39, 0.29) is 6.10 Å². The SMILES string of the molecule is Cc1ccc(OC(C)CCNC2CC2)c(C)c1. The number of hydrogen-bond donors (Lipinski definition) is 1. The highest BCUT2D eigenvalue weighted by Crippen LogP contribution is 2.21. The van der Waals surface area contributed by atoms with Gasteiger partial charge in [0.1, 0.15) is 5.75 Å². The molecular weight excluding hydrogens is 210 g/mol. The Kier molecular flexibility index (Phi) is 4.06. The number of hydrogen-bond acceptors (Lipinski definition) is 2. The third kappa shape index (κ3) is 4.04. The van der Waals surface area contributed by atoms with E-state index in [2.05, 4.69) is 44.3 Å². The van der Waals surface area contributed by atoms with E-state index in [4.69, 9.17) is 4.74 Å². The van der Waals surface area contributed by atoms with E-state index in [1.165, 1.54) is 24.0 Å². The molecule has 0 saturated heterocycles. The third-order valence-corrected chi connectivity index (χ3v) is 3.22. The molecule has 1 fully saturated rings. The molecule has 0 spiro atoms. The van der Waals surface area contributed by atoms with Gasteiger partial charge in [0.05, 0.1) is 6.10 Å². The second-order valence-corrected chi connectivity index (χ2v) is 5.21. The molecule has 1 unspecified atom stereocenters. The van der Waals surface area contributed by atoms with Crippen LogP contribution in [-0.2, 0) is 0 Å². The maximum absolute atomic E-state index is 5.96. The van der Waals surface area contributed by atoms with Crippen molar-refractivity contribution in [2.75, 3.05) is 6.54 Å². The summed E-state index contributed by atoms with van der Waals surface area (Å²) in [5, 5.41) is 3.52. The van der Waals surface area contributed by atoms with Gasteiger partial charge in [-0.25, -0.2) is 0 Å². The van der Waals surface area contributed by atoms with Crippen molar-refractivity contribution in [2.45, 2.75) is 52.2 Å². The van der Waals surface area contributed by atoms with Crippen molar-refractivity contribution in [1.29, 1.82) is 0 Å². The average molecular weight is 233 g/mol. The minimum absolute atomic E-state index is 0.280. The number of aryl methyl sites for hydroxylation is 2. The second-order valence-electron chi connectivity index (χ2n) is 5.21. The molecule has 0 bridgehead atoms. The molecule has 0 aliphatic heterocycles. The average Bonchev–Trinajstić information content (AvgIpc) is 3.06. The molecule has 2 nitrogen and oxygen atoms in total. The first-order valence-corrected chi connectivity index (χ1v) is 6.62. The van der Waals surface area contributed by atoms with Crippen molar-refractivity contribution >= 4 is 0 Å². The van der Waals surface area contributed by atoms with E-state index >= 15 is 0 Å². The summed E-state index contributed by atoms with van der Waals surface area (Å²) < 4.78 is 5.96. The zero-order valence-electron chi connectivity index (χ0n) is 11.1. The Bertz CT molecular complexity index is 371. The van der Waals surface area contributed by atoms with Gasteiger partial charge in [-0.3, -0.25) is 0 Å². The van der Waals surface area contributed by atoms with Crippen LogP contribution in [0.1, 0.15) is 37.3 Å². The van der Waals surface area contributed by atoms with Crippen LogP contribution in [0.15, 0.2) is 18.2 Å². The zero-order valence-corrected chi connectivity index (χ0v) is 11.1. The van der Waals surface area contributed by atoms with Gasteiger partial charge in [-0.2, -0.15) is 0 Å². The molecule has 1 aliphatic rings. The van der Waals surface area contributed by atoms with Crippen molar-refractivity contribution in [3.05, 3.63) is 29.3 Å². The predicted molar refractivity (Wildman–Crippen MR) is 71.6 cm³/mol. The summed E-state index contributed by atoms with van der Waals surface area (Å²) in [6.45, 7) is 7.43. The Balaban J connectivity index is 1.77. The Morgan fingerprint density at radius 3 is 2.76 bits per heavy atom. The summed E-state index contributed by atoms with van der Waals surface area (Å²) in [6.07, 6.45) is 4.06. The lowest BCUT2D eigenvalue weighted by molar-refractivity contribution is 0.208. The molecule has 1 aromatic carbocycles. The Labute approximate surface area is 104 Å². The number of rotatable bonds is 6. The normalized spacial score (nSPS) is 16.9. The summed E-state index contributed by atoms with van der Waals surface area (Å²) in [4.78, 5) is 0. The molecule has 17 heavy (non-hydrogen) atoms. The highest BCUT2D eigenvalue weighted by Gasteiger charge is 2.20. The maximum Gasteiger partial charge on any atom is 0.122 e. The molecule has 0 heterocycles. The van der Waals surface area contributed by atoms with Crippen LogP contribution in [0.2, 0.25) is 0 Å². The molecule has 1 N–H and O–H groups in total. The standard InChI is InChI=1S/C15H23NO/c1-11-4-7-15(12(2)10-11)17-13(3)8-9-16-14-5-6-14/h4,7,10,13-14,16H,5-6,8-9H2,1-3H3. The first kappa shape index (κ1) is 12.4. The molecule has 1 saturated carbocycles. The zero-order chi connectivity index (χ0) is 12.3. The number of ether oxygens (including phenoxy) is 1.